The Hall–Kier alpha value is -0.810. The quantitative estimate of drug-likeness (QED) is 0.232. The maximum Gasteiger partial charge on any atom is 0.218 e. The Morgan fingerprint density at radius 1 is 1.06 bits per heavy atom. The molecular weight excluding hydrogens is 238 g/mol. The fraction of sp³-hybridized carbons (Fsp3) is 0.875. The summed E-state index contributed by atoms with van der Waals surface area (Å²) in [5.41, 5.74) is 0. The van der Waals surface area contributed by atoms with E-state index in [2.05, 4.69) is 0 Å². The number of aliphatic hydroxyl groups is 6. The van der Waals surface area contributed by atoms with Crippen molar-refractivity contribution in [1.82, 2.24) is 5.32 Å². The Balaban J connectivity index is 0. The van der Waals surface area contributed by atoms with Crippen LogP contribution in [-0.4, -0.2) is 79.3 Å². The topological polar surface area (TPSA) is 182 Å². The van der Waals surface area contributed by atoms with Gasteiger partial charge in [-0.15, -0.1) is 0 Å². The number of hydrogen-bond donors (Lipinski definition) is 7. The van der Waals surface area contributed by atoms with Crippen molar-refractivity contribution in [3.8, 4) is 0 Å². The molecule has 0 spiro atoms. The molecule has 17 heavy (non-hydrogen) atoms. The smallest absolute Gasteiger partial charge is 0.218 e. The van der Waals surface area contributed by atoms with Crippen molar-refractivity contribution in [2.45, 2.75) is 37.6 Å². The number of rotatable bonds is 6. The minimum absolute atomic E-state index is 0. The minimum atomic E-state index is -1.91. The Kier molecular flexibility index (Phi) is 9.06. The van der Waals surface area contributed by atoms with E-state index >= 15 is 0 Å². The molecular formula is C8H19NO8. The summed E-state index contributed by atoms with van der Waals surface area (Å²) in [6.07, 6.45) is -9.09. The van der Waals surface area contributed by atoms with Crippen LogP contribution in [0.1, 0.15) is 6.92 Å². The molecule has 104 valence electrons. The molecule has 0 aliphatic carbocycles. The number of aliphatic hydroxyl groups excluding tert-OH is 6. The van der Waals surface area contributed by atoms with Crippen molar-refractivity contribution >= 4 is 5.91 Å². The Bertz CT molecular complexity index is 226. The Labute approximate surface area is 97.3 Å². The van der Waals surface area contributed by atoms with Crippen LogP contribution in [0.15, 0.2) is 0 Å². The minimum Gasteiger partial charge on any atom is -0.412 e. The zero-order valence-corrected chi connectivity index (χ0v) is 9.19. The van der Waals surface area contributed by atoms with E-state index in [0.717, 1.165) is 6.92 Å². The normalized spacial score (nSPS) is 19.5. The van der Waals surface area contributed by atoms with E-state index < -0.39 is 43.2 Å². The van der Waals surface area contributed by atoms with Crippen LogP contribution in [0.25, 0.3) is 0 Å². The molecule has 0 aliphatic heterocycles. The molecule has 0 fully saturated rings. The van der Waals surface area contributed by atoms with E-state index in [0.29, 0.717) is 0 Å². The second-order valence-electron chi connectivity index (χ2n) is 3.37. The van der Waals surface area contributed by atoms with Gasteiger partial charge in [-0.25, -0.2) is 0 Å². The molecule has 1 unspecified atom stereocenters. The lowest BCUT2D eigenvalue weighted by atomic mass is 10.0. The summed E-state index contributed by atoms with van der Waals surface area (Å²) in [4.78, 5) is 10.5. The van der Waals surface area contributed by atoms with E-state index in [-0.39, 0.29) is 5.48 Å². The van der Waals surface area contributed by atoms with Crippen molar-refractivity contribution in [3.05, 3.63) is 0 Å². The number of carbonyl (C=O) groups excluding carboxylic acids is 1. The molecule has 0 aromatic rings. The van der Waals surface area contributed by atoms with Crippen molar-refractivity contribution < 1.29 is 40.9 Å². The largest absolute Gasteiger partial charge is 0.412 e. The van der Waals surface area contributed by atoms with E-state index in [9.17, 15) is 20.1 Å². The van der Waals surface area contributed by atoms with Crippen LogP contribution in [0, 0.1) is 0 Å². The summed E-state index contributed by atoms with van der Waals surface area (Å²) in [6.45, 7) is 0.266. The summed E-state index contributed by atoms with van der Waals surface area (Å²) in [5, 5.41) is 56.3. The number of nitrogens with one attached hydrogen (secondary N) is 1. The number of hydrogen-bond acceptors (Lipinski definition) is 7. The van der Waals surface area contributed by atoms with Crippen molar-refractivity contribution in [3.63, 3.8) is 0 Å². The number of amides is 1. The first-order valence-electron chi connectivity index (χ1n) is 4.59. The van der Waals surface area contributed by atoms with Crippen LogP contribution in [0.2, 0.25) is 0 Å². The molecule has 0 heterocycles. The summed E-state index contributed by atoms with van der Waals surface area (Å²) >= 11 is 0. The van der Waals surface area contributed by atoms with E-state index in [1.807, 2.05) is 5.32 Å². The van der Waals surface area contributed by atoms with Crippen LogP contribution in [-0.2, 0) is 4.79 Å². The zero-order chi connectivity index (χ0) is 12.9. The summed E-state index contributed by atoms with van der Waals surface area (Å²) in [7, 11) is 0. The third kappa shape index (κ3) is 5.89. The zero-order valence-electron chi connectivity index (χ0n) is 9.19. The van der Waals surface area contributed by atoms with Gasteiger partial charge in [0.15, 0.2) is 6.23 Å². The monoisotopic (exact) mass is 257 g/mol. The molecule has 0 aromatic heterocycles. The first-order valence-corrected chi connectivity index (χ1v) is 4.59. The number of carbonyl (C=O) groups is 1. The van der Waals surface area contributed by atoms with Crippen LogP contribution in [0.3, 0.4) is 0 Å². The molecule has 0 saturated carbocycles. The average Bonchev–Trinajstić information content (AvgIpc) is 2.23. The summed E-state index contributed by atoms with van der Waals surface area (Å²) in [6, 6.07) is 0. The molecule has 9 heteroatoms. The van der Waals surface area contributed by atoms with Crippen molar-refractivity contribution in [2.24, 2.45) is 0 Å². The van der Waals surface area contributed by atoms with Crippen molar-refractivity contribution in [1.29, 1.82) is 0 Å². The van der Waals surface area contributed by atoms with Gasteiger partial charge in [0.05, 0.1) is 6.61 Å². The van der Waals surface area contributed by atoms with Gasteiger partial charge in [0.1, 0.15) is 24.4 Å². The maximum absolute atomic E-state index is 10.5. The van der Waals surface area contributed by atoms with Gasteiger partial charge >= 0.3 is 0 Å². The van der Waals surface area contributed by atoms with Gasteiger partial charge in [-0.2, -0.15) is 0 Å². The van der Waals surface area contributed by atoms with Crippen LogP contribution in [0.4, 0.5) is 0 Å². The lowest BCUT2D eigenvalue weighted by molar-refractivity contribution is -0.150. The van der Waals surface area contributed by atoms with Gasteiger partial charge in [-0.3, -0.25) is 4.79 Å². The lowest BCUT2D eigenvalue weighted by Gasteiger charge is -2.28. The highest BCUT2D eigenvalue weighted by molar-refractivity contribution is 5.73. The third-order valence-electron chi connectivity index (χ3n) is 1.96. The second-order valence-corrected chi connectivity index (χ2v) is 3.37. The summed E-state index contributed by atoms with van der Waals surface area (Å²) in [5.74, 6) is -0.643. The molecule has 5 atom stereocenters. The highest BCUT2D eigenvalue weighted by Crippen LogP contribution is 2.07. The average molecular weight is 257 g/mol. The fourth-order valence-electron chi connectivity index (χ4n) is 1.02. The predicted molar refractivity (Wildman–Crippen MR) is 54.6 cm³/mol. The maximum atomic E-state index is 10.5. The van der Waals surface area contributed by atoms with Gasteiger partial charge in [-0.05, 0) is 0 Å². The van der Waals surface area contributed by atoms with Crippen LogP contribution in [0.5, 0.6) is 0 Å². The molecule has 0 rings (SSSR count). The third-order valence-corrected chi connectivity index (χ3v) is 1.96. The van der Waals surface area contributed by atoms with Gasteiger partial charge < -0.3 is 41.4 Å². The molecule has 0 bridgehead atoms. The molecule has 0 radical (unpaired) electrons. The predicted octanol–water partition coefficient (Wildman–Crippen LogP) is -4.95. The van der Waals surface area contributed by atoms with Gasteiger partial charge in [0.25, 0.3) is 0 Å². The Morgan fingerprint density at radius 3 is 1.88 bits per heavy atom. The SMILES string of the molecule is CC(=O)NC(O)[C@H](O)[C@@H](O)[C@H](O)[C@H](O)CO.O. The van der Waals surface area contributed by atoms with Crippen molar-refractivity contribution in [2.75, 3.05) is 6.61 Å². The Morgan fingerprint density at radius 2 is 1.53 bits per heavy atom. The van der Waals surface area contributed by atoms with E-state index in [1.165, 1.54) is 0 Å². The summed E-state index contributed by atoms with van der Waals surface area (Å²) < 4.78 is 0. The van der Waals surface area contributed by atoms with Crippen LogP contribution >= 0.6 is 0 Å². The highest BCUT2D eigenvalue weighted by Gasteiger charge is 2.34. The molecule has 0 aromatic carbocycles. The first-order chi connectivity index (χ1) is 7.31. The van der Waals surface area contributed by atoms with Gasteiger partial charge in [0.2, 0.25) is 5.91 Å². The molecule has 0 aliphatic rings. The standard InChI is InChI=1S/C8H17NO7.H2O/c1-3(11)9-8(16)7(15)6(14)5(13)4(12)2-10;/h4-8,10,12-16H,2H2,1H3,(H,9,11);1H2/t4-,5-,6+,7-,8?;/m1./s1. The fourth-order valence-corrected chi connectivity index (χ4v) is 1.02. The van der Waals surface area contributed by atoms with E-state index in [1.54, 1.807) is 0 Å². The van der Waals surface area contributed by atoms with Gasteiger partial charge in [-0.1, -0.05) is 0 Å². The second kappa shape index (κ2) is 8.31. The van der Waals surface area contributed by atoms with Gasteiger partial charge in [0, 0.05) is 6.92 Å². The highest BCUT2D eigenvalue weighted by atomic mass is 16.4. The molecule has 9 N–H and O–H groups in total. The lowest BCUT2D eigenvalue weighted by Crippen LogP contribution is -2.54. The molecule has 1 amide bonds. The molecule has 0 saturated heterocycles. The molecule has 9 nitrogen and oxygen atoms in total. The van der Waals surface area contributed by atoms with Crippen LogP contribution < -0.4 is 5.32 Å². The first kappa shape index (κ1) is 18.6. The van der Waals surface area contributed by atoms with E-state index in [4.69, 9.17) is 15.3 Å².